The van der Waals surface area contributed by atoms with Crippen LogP contribution < -0.4 is 0 Å². The number of carbonyl (C=O) groups is 1. The largest absolute Gasteiger partial charge is 0.298 e. The molecule has 2 rings (SSSR count). The highest BCUT2D eigenvalue weighted by Gasteiger charge is 1.98. The van der Waals surface area contributed by atoms with Crippen LogP contribution in [-0.4, -0.2) is 6.29 Å². The van der Waals surface area contributed by atoms with Gasteiger partial charge in [-0.15, -0.1) is 0 Å². The summed E-state index contributed by atoms with van der Waals surface area (Å²) in [5.41, 5.74) is 2.93. The second kappa shape index (κ2) is 4.57. The SMILES string of the molecule is O=Cc1cccc(-c2ccc(I)cc2)c1. The summed E-state index contributed by atoms with van der Waals surface area (Å²) in [7, 11) is 0. The van der Waals surface area contributed by atoms with Gasteiger partial charge in [-0.3, -0.25) is 4.79 Å². The molecule has 0 radical (unpaired) electrons. The lowest BCUT2D eigenvalue weighted by atomic mass is 10.0. The highest BCUT2D eigenvalue weighted by Crippen LogP contribution is 2.20. The summed E-state index contributed by atoms with van der Waals surface area (Å²) in [6.07, 6.45) is 0.871. The van der Waals surface area contributed by atoms with Crippen molar-refractivity contribution in [3.05, 3.63) is 57.7 Å². The minimum atomic E-state index is 0.714. The van der Waals surface area contributed by atoms with Crippen LogP contribution in [0.15, 0.2) is 48.5 Å². The molecule has 0 fully saturated rings. The zero-order chi connectivity index (χ0) is 10.7. The molecule has 1 nitrogen and oxygen atoms in total. The van der Waals surface area contributed by atoms with Crippen LogP contribution in [0.25, 0.3) is 11.1 Å². The molecule has 0 amide bonds. The van der Waals surface area contributed by atoms with Crippen LogP contribution in [0.5, 0.6) is 0 Å². The molecule has 0 aliphatic carbocycles. The maximum Gasteiger partial charge on any atom is 0.150 e. The molecule has 2 aromatic carbocycles. The van der Waals surface area contributed by atoms with Gasteiger partial charge in [0.05, 0.1) is 0 Å². The van der Waals surface area contributed by atoms with E-state index < -0.39 is 0 Å². The molecule has 2 heteroatoms. The van der Waals surface area contributed by atoms with E-state index in [9.17, 15) is 4.79 Å². The average Bonchev–Trinajstić information content (AvgIpc) is 2.30. The first-order valence-corrected chi connectivity index (χ1v) is 5.68. The monoisotopic (exact) mass is 308 g/mol. The maximum atomic E-state index is 10.6. The lowest BCUT2D eigenvalue weighted by molar-refractivity contribution is 0.112. The van der Waals surface area contributed by atoms with Crippen molar-refractivity contribution in [2.45, 2.75) is 0 Å². The summed E-state index contributed by atoms with van der Waals surface area (Å²) < 4.78 is 1.21. The summed E-state index contributed by atoms with van der Waals surface area (Å²) in [6.45, 7) is 0. The Hall–Kier alpha value is -1.16. The van der Waals surface area contributed by atoms with Crippen molar-refractivity contribution in [3.8, 4) is 11.1 Å². The summed E-state index contributed by atoms with van der Waals surface area (Å²) in [5, 5.41) is 0. The van der Waals surface area contributed by atoms with E-state index in [-0.39, 0.29) is 0 Å². The van der Waals surface area contributed by atoms with Crippen molar-refractivity contribution in [1.29, 1.82) is 0 Å². The van der Waals surface area contributed by atoms with E-state index in [1.165, 1.54) is 3.57 Å². The molecule has 15 heavy (non-hydrogen) atoms. The Morgan fingerprint density at radius 2 is 1.67 bits per heavy atom. The van der Waals surface area contributed by atoms with E-state index in [0.29, 0.717) is 5.56 Å². The molecule has 2 aromatic rings. The lowest BCUT2D eigenvalue weighted by Gasteiger charge is -2.02. The van der Waals surface area contributed by atoms with Crippen molar-refractivity contribution in [2.75, 3.05) is 0 Å². The van der Waals surface area contributed by atoms with Crippen molar-refractivity contribution in [1.82, 2.24) is 0 Å². The van der Waals surface area contributed by atoms with Gasteiger partial charge in [0.25, 0.3) is 0 Å². The van der Waals surface area contributed by atoms with Gasteiger partial charge in [-0.25, -0.2) is 0 Å². The zero-order valence-electron chi connectivity index (χ0n) is 7.98. The van der Waals surface area contributed by atoms with Gasteiger partial charge in [-0.05, 0) is 51.9 Å². The minimum absolute atomic E-state index is 0.714. The summed E-state index contributed by atoms with van der Waals surface area (Å²) >= 11 is 2.27. The van der Waals surface area contributed by atoms with Gasteiger partial charge >= 0.3 is 0 Å². The van der Waals surface area contributed by atoms with E-state index in [4.69, 9.17) is 0 Å². The van der Waals surface area contributed by atoms with Gasteiger partial charge in [0, 0.05) is 9.13 Å². The number of halogens is 1. The van der Waals surface area contributed by atoms with Crippen molar-refractivity contribution in [3.63, 3.8) is 0 Å². The van der Waals surface area contributed by atoms with E-state index in [0.717, 1.165) is 17.4 Å². The number of hydrogen-bond acceptors (Lipinski definition) is 1. The fourth-order valence-electron chi connectivity index (χ4n) is 1.43. The molecule has 0 aliphatic rings. The van der Waals surface area contributed by atoms with E-state index >= 15 is 0 Å². The first-order chi connectivity index (χ1) is 7.29. The lowest BCUT2D eigenvalue weighted by Crippen LogP contribution is -1.82. The van der Waals surface area contributed by atoms with E-state index in [1.807, 2.05) is 24.3 Å². The Kier molecular flexibility index (Phi) is 3.16. The van der Waals surface area contributed by atoms with Gasteiger partial charge in [-0.2, -0.15) is 0 Å². The number of rotatable bonds is 2. The smallest absolute Gasteiger partial charge is 0.150 e. The summed E-state index contributed by atoms with van der Waals surface area (Å²) in [6, 6.07) is 15.9. The fourth-order valence-corrected chi connectivity index (χ4v) is 1.79. The molecule has 74 valence electrons. The molecule has 0 saturated carbocycles. The van der Waals surface area contributed by atoms with Crippen LogP contribution in [0.4, 0.5) is 0 Å². The third-order valence-corrected chi connectivity index (χ3v) is 2.92. The third-order valence-electron chi connectivity index (χ3n) is 2.20. The van der Waals surface area contributed by atoms with Gasteiger partial charge in [0.15, 0.2) is 0 Å². The first kappa shape index (κ1) is 10.4. The molecule has 0 unspecified atom stereocenters. The minimum Gasteiger partial charge on any atom is -0.298 e. The molecule has 0 N–H and O–H groups in total. The summed E-state index contributed by atoms with van der Waals surface area (Å²) in [5.74, 6) is 0. The predicted octanol–water partition coefficient (Wildman–Crippen LogP) is 3.77. The first-order valence-electron chi connectivity index (χ1n) is 4.61. The van der Waals surface area contributed by atoms with Gasteiger partial charge in [0.1, 0.15) is 6.29 Å². The number of benzene rings is 2. The number of aldehydes is 1. The van der Waals surface area contributed by atoms with E-state index in [2.05, 4.69) is 46.9 Å². The number of hydrogen-bond donors (Lipinski definition) is 0. The molecule has 0 saturated heterocycles. The second-order valence-electron chi connectivity index (χ2n) is 3.25. The van der Waals surface area contributed by atoms with Crippen molar-refractivity contribution >= 4 is 28.9 Å². The predicted molar refractivity (Wildman–Crippen MR) is 70.0 cm³/mol. The maximum absolute atomic E-state index is 10.6. The van der Waals surface area contributed by atoms with Gasteiger partial charge in [0.2, 0.25) is 0 Å². The molecular weight excluding hydrogens is 299 g/mol. The van der Waals surface area contributed by atoms with Crippen molar-refractivity contribution in [2.24, 2.45) is 0 Å². The molecule has 0 bridgehead atoms. The molecule has 0 spiro atoms. The van der Waals surface area contributed by atoms with Crippen LogP contribution in [-0.2, 0) is 0 Å². The molecular formula is C13H9IO. The third kappa shape index (κ3) is 2.45. The molecule has 0 heterocycles. The molecule has 0 atom stereocenters. The standard InChI is InChI=1S/C13H9IO/c14-13-6-4-11(5-7-13)12-3-1-2-10(8-12)9-15/h1-9H. The Balaban J connectivity index is 2.44. The second-order valence-corrected chi connectivity index (χ2v) is 4.50. The molecule has 0 aliphatic heterocycles. The van der Waals surface area contributed by atoms with Gasteiger partial charge < -0.3 is 0 Å². The average molecular weight is 308 g/mol. The summed E-state index contributed by atoms with van der Waals surface area (Å²) in [4.78, 5) is 10.6. The van der Waals surface area contributed by atoms with Crippen LogP contribution >= 0.6 is 22.6 Å². The zero-order valence-corrected chi connectivity index (χ0v) is 10.1. The van der Waals surface area contributed by atoms with Gasteiger partial charge in [-0.1, -0.05) is 30.3 Å². The van der Waals surface area contributed by atoms with Crippen LogP contribution in [0, 0.1) is 3.57 Å². The Morgan fingerprint density at radius 3 is 2.33 bits per heavy atom. The van der Waals surface area contributed by atoms with E-state index in [1.54, 1.807) is 0 Å². The van der Waals surface area contributed by atoms with Crippen LogP contribution in [0.3, 0.4) is 0 Å². The Labute approximate surface area is 102 Å². The topological polar surface area (TPSA) is 17.1 Å². The normalized spacial score (nSPS) is 9.93. The van der Waals surface area contributed by atoms with Crippen LogP contribution in [0.2, 0.25) is 0 Å². The molecule has 0 aromatic heterocycles. The number of carbonyl (C=O) groups excluding carboxylic acids is 1. The fraction of sp³-hybridized carbons (Fsp3) is 0. The highest BCUT2D eigenvalue weighted by molar-refractivity contribution is 14.1. The van der Waals surface area contributed by atoms with Crippen molar-refractivity contribution < 1.29 is 4.79 Å². The Bertz CT molecular complexity index is 474. The van der Waals surface area contributed by atoms with Crippen LogP contribution in [0.1, 0.15) is 10.4 Å². The highest BCUT2D eigenvalue weighted by atomic mass is 127. The Morgan fingerprint density at radius 1 is 0.933 bits per heavy atom. The quantitative estimate of drug-likeness (QED) is 0.610.